The SMILES string of the molecule is Clc1ccc(Nc2ncnc3cnc(Cl)cc23)c(Cl)c1. The maximum Gasteiger partial charge on any atom is 0.141 e. The molecule has 0 unspecified atom stereocenters. The van der Waals surface area contributed by atoms with Crippen molar-refractivity contribution < 1.29 is 0 Å². The van der Waals surface area contributed by atoms with Gasteiger partial charge in [0, 0.05) is 10.4 Å². The van der Waals surface area contributed by atoms with E-state index in [0.29, 0.717) is 32.2 Å². The van der Waals surface area contributed by atoms with Crippen molar-refractivity contribution in [2.45, 2.75) is 0 Å². The third-order valence-electron chi connectivity index (χ3n) is 2.67. The van der Waals surface area contributed by atoms with Gasteiger partial charge in [-0.25, -0.2) is 15.0 Å². The largest absolute Gasteiger partial charge is 0.338 e. The van der Waals surface area contributed by atoms with Crippen molar-refractivity contribution in [3.63, 3.8) is 0 Å². The number of halogens is 3. The van der Waals surface area contributed by atoms with Crippen molar-refractivity contribution in [2.75, 3.05) is 5.32 Å². The molecular formula is C13H7Cl3N4. The molecule has 2 heterocycles. The highest BCUT2D eigenvalue weighted by atomic mass is 35.5. The van der Waals surface area contributed by atoms with E-state index in [1.807, 2.05) is 0 Å². The molecule has 0 fully saturated rings. The zero-order chi connectivity index (χ0) is 14.1. The third-order valence-corrected chi connectivity index (χ3v) is 3.43. The quantitative estimate of drug-likeness (QED) is 0.692. The minimum absolute atomic E-state index is 0.373. The number of hydrogen-bond donors (Lipinski definition) is 1. The van der Waals surface area contributed by atoms with Crippen molar-refractivity contribution in [3.05, 3.63) is 52.0 Å². The minimum atomic E-state index is 0.373. The maximum atomic E-state index is 6.13. The van der Waals surface area contributed by atoms with Gasteiger partial charge in [-0.15, -0.1) is 0 Å². The molecule has 0 amide bonds. The molecule has 0 aliphatic rings. The van der Waals surface area contributed by atoms with E-state index in [0.717, 1.165) is 5.39 Å². The molecule has 3 aromatic rings. The molecule has 20 heavy (non-hydrogen) atoms. The lowest BCUT2D eigenvalue weighted by Gasteiger charge is -2.10. The number of anilines is 2. The first-order valence-corrected chi connectivity index (χ1v) is 6.75. The first-order chi connectivity index (χ1) is 9.63. The average Bonchev–Trinajstić information content (AvgIpc) is 2.42. The van der Waals surface area contributed by atoms with Crippen molar-refractivity contribution >= 4 is 57.2 Å². The Kier molecular flexibility index (Phi) is 3.61. The number of nitrogens with one attached hydrogen (secondary N) is 1. The standard InChI is InChI=1S/C13H7Cl3N4/c14-7-1-2-10(9(15)3-7)20-13-8-4-12(16)17-5-11(8)18-6-19-13/h1-6H,(H,18,19,20). The second-order valence-corrected chi connectivity index (χ2v) is 5.23. The maximum absolute atomic E-state index is 6.13. The molecule has 0 radical (unpaired) electrons. The van der Waals surface area contributed by atoms with Crippen LogP contribution in [-0.2, 0) is 0 Å². The average molecular weight is 326 g/mol. The van der Waals surface area contributed by atoms with E-state index < -0.39 is 0 Å². The predicted molar refractivity (Wildman–Crippen MR) is 82.1 cm³/mol. The molecule has 0 bridgehead atoms. The van der Waals surface area contributed by atoms with Gasteiger partial charge in [-0.2, -0.15) is 0 Å². The predicted octanol–water partition coefficient (Wildman–Crippen LogP) is 4.73. The van der Waals surface area contributed by atoms with Crippen LogP contribution in [0.25, 0.3) is 10.9 Å². The van der Waals surface area contributed by atoms with Crippen LogP contribution in [0, 0.1) is 0 Å². The van der Waals surface area contributed by atoms with E-state index in [-0.39, 0.29) is 0 Å². The second kappa shape index (κ2) is 5.40. The number of nitrogens with zero attached hydrogens (tertiary/aromatic N) is 3. The number of hydrogen-bond acceptors (Lipinski definition) is 4. The van der Waals surface area contributed by atoms with Gasteiger partial charge in [-0.1, -0.05) is 34.8 Å². The first-order valence-electron chi connectivity index (χ1n) is 5.62. The van der Waals surface area contributed by atoms with Gasteiger partial charge in [0.2, 0.25) is 0 Å². The van der Waals surface area contributed by atoms with Crippen LogP contribution < -0.4 is 5.32 Å². The lowest BCUT2D eigenvalue weighted by Crippen LogP contribution is -1.97. The van der Waals surface area contributed by atoms with Crippen LogP contribution in [0.5, 0.6) is 0 Å². The monoisotopic (exact) mass is 324 g/mol. The normalized spacial score (nSPS) is 10.8. The molecule has 1 N–H and O–H groups in total. The fourth-order valence-electron chi connectivity index (χ4n) is 1.75. The molecule has 0 saturated heterocycles. The Morgan fingerprint density at radius 3 is 2.60 bits per heavy atom. The summed E-state index contributed by atoms with van der Waals surface area (Å²) in [5.74, 6) is 0.600. The smallest absolute Gasteiger partial charge is 0.141 e. The fraction of sp³-hybridized carbons (Fsp3) is 0. The summed E-state index contributed by atoms with van der Waals surface area (Å²) in [6, 6.07) is 6.88. The van der Waals surface area contributed by atoms with Gasteiger partial charge in [-0.3, -0.25) is 0 Å². The Morgan fingerprint density at radius 1 is 0.950 bits per heavy atom. The molecule has 0 saturated carbocycles. The summed E-state index contributed by atoms with van der Waals surface area (Å²) < 4.78 is 0. The minimum Gasteiger partial charge on any atom is -0.338 e. The van der Waals surface area contributed by atoms with E-state index in [4.69, 9.17) is 34.8 Å². The van der Waals surface area contributed by atoms with Crippen LogP contribution in [0.2, 0.25) is 15.2 Å². The molecule has 0 atom stereocenters. The molecule has 100 valence electrons. The second-order valence-electron chi connectivity index (χ2n) is 4.00. The van der Waals surface area contributed by atoms with Crippen molar-refractivity contribution in [2.24, 2.45) is 0 Å². The van der Waals surface area contributed by atoms with Gasteiger partial charge in [0.25, 0.3) is 0 Å². The summed E-state index contributed by atoms with van der Waals surface area (Å²) in [6.07, 6.45) is 3.04. The lowest BCUT2D eigenvalue weighted by atomic mass is 10.2. The van der Waals surface area contributed by atoms with Crippen LogP contribution in [0.15, 0.2) is 36.8 Å². The Labute approximate surface area is 129 Å². The van der Waals surface area contributed by atoms with Crippen LogP contribution in [0.4, 0.5) is 11.5 Å². The lowest BCUT2D eigenvalue weighted by molar-refractivity contribution is 1.20. The van der Waals surface area contributed by atoms with E-state index >= 15 is 0 Å². The van der Waals surface area contributed by atoms with Gasteiger partial charge >= 0.3 is 0 Å². The summed E-state index contributed by atoms with van der Waals surface area (Å²) in [5.41, 5.74) is 1.39. The highest BCUT2D eigenvalue weighted by molar-refractivity contribution is 6.36. The molecule has 1 aromatic carbocycles. The summed E-state index contributed by atoms with van der Waals surface area (Å²) in [6.45, 7) is 0. The van der Waals surface area contributed by atoms with Gasteiger partial charge in [0.15, 0.2) is 0 Å². The van der Waals surface area contributed by atoms with Crippen LogP contribution in [0.3, 0.4) is 0 Å². The molecule has 0 aliphatic carbocycles. The molecule has 0 aliphatic heterocycles. The first kappa shape index (κ1) is 13.4. The summed E-state index contributed by atoms with van der Waals surface area (Å²) in [4.78, 5) is 12.3. The van der Waals surface area contributed by atoms with E-state index in [1.54, 1.807) is 30.5 Å². The van der Waals surface area contributed by atoms with Gasteiger partial charge in [0.05, 0.1) is 22.4 Å². The zero-order valence-corrected chi connectivity index (χ0v) is 12.2. The molecule has 4 nitrogen and oxygen atoms in total. The highest BCUT2D eigenvalue weighted by Gasteiger charge is 2.08. The molecule has 3 rings (SSSR count). The Morgan fingerprint density at radius 2 is 1.80 bits per heavy atom. The Balaban J connectivity index is 2.08. The van der Waals surface area contributed by atoms with Gasteiger partial charge < -0.3 is 5.32 Å². The number of rotatable bonds is 2. The Hall–Kier alpha value is -1.62. The molecule has 2 aromatic heterocycles. The van der Waals surface area contributed by atoms with E-state index in [1.165, 1.54) is 6.33 Å². The molecule has 0 spiro atoms. The van der Waals surface area contributed by atoms with Crippen LogP contribution >= 0.6 is 34.8 Å². The van der Waals surface area contributed by atoms with E-state index in [9.17, 15) is 0 Å². The van der Waals surface area contributed by atoms with Crippen LogP contribution in [-0.4, -0.2) is 15.0 Å². The number of benzene rings is 1. The number of aromatic nitrogens is 3. The summed E-state index contributed by atoms with van der Waals surface area (Å²) in [5, 5.41) is 5.35. The summed E-state index contributed by atoms with van der Waals surface area (Å²) >= 11 is 17.9. The van der Waals surface area contributed by atoms with Crippen molar-refractivity contribution in [1.82, 2.24) is 15.0 Å². The highest BCUT2D eigenvalue weighted by Crippen LogP contribution is 2.30. The summed E-state index contributed by atoms with van der Waals surface area (Å²) in [7, 11) is 0. The van der Waals surface area contributed by atoms with Gasteiger partial charge in [-0.05, 0) is 24.3 Å². The van der Waals surface area contributed by atoms with Crippen LogP contribution in [0.1, 0.15) is 0 Å². The van der Waals surface area contributed by atoms with Crippen molar-refractivity contribution in [1.29, 1.82) is 0 Å². The van der Waals surface area contributed by atoms with E-state index in [2.05, 4.69) is 20.3 Å². The van der Waals surface area contributed by atoms with Crippen molar-refractivity contribution in [3.8, 4) is 0 Å². The zero-order valence-electron chi connectivity index (χ0n) is 9.94. The number of pyridine rings is 1. The third kappa shape index (κ3) is 2.63. The number of fused-ring (bicyclic) bond motifs is 1. The Bertz CT molecular complexity index is 792. The fourth-order valence-corrected chi connectivity index (χ4v) is 2.37. The topological polar surface area (TPSA) is 50.7 Å². The molecular weight excluding hydrogens is 319 g/mol. The van der Waals surface area contributed by atoms with Gasteiger partial charge in [0.1, 0.15) is 17.3 Å². The molecule has 7 heteroatoms.